The molecule has 134 valence electrons. The molecule has 0 spiro atoms. The summed E-state index contributed by atoms with van der Waals surface area (Å²) in [5, 5.41) is 0. The molecular weight excluding hydrogens is 353 g/mol. The standard InChI is InChI=1S/C13H15F7N2.ClH/c14-9-6-7(12(15,16)17)5-8(13(18,19)20)11(9)10(22)3-1-2-4-21;/h5-6,10H,1-4,21-22H2;1H/t10-;/m0./s1. The van der Waals surface area contributed by atoms with E-state index < -0.39 is 40.9 Å². The molecule has 0 aliphatic rings. The quantitative estimate of drug-likeness (QED) is 0.597. The Morgan fingerprint density at radius 1 is 0.957 bits per heavy atom. The van der Waals surface area contributed by atoms with Gasteiger partial charge in [-0.3, -0.25) is 0 Å². The molecule has 10 heteroatoms. The van der Waals surface area contributed by atoms with Crippen LogP contribution in [0.15, 0.2) is 12.1 Å². The molecule has 1 rings (SSSR count). The highest BCUT2D eigenvalue weighted by atomic mass is 35.5. The van der Waals surface area contributed by atoms with E-state index in [0.29, 0.717) is 12.8 Å². The highest BCUT2D eigenvalue weighted by Crippen LogP contribution is 2.40. The van der Waals surface area contributed by atoms with Gasteiger partial charge in [0.25, 0.3) is 0 Å². The molecular formula is C13H16ClF7N2. The summed E-state index contributed by atoms with van der Waals surface area (Å²) in [5.74, 6) is -1.61. The molecule has 23 heavy (non-hydrogen) atoms. The molecule has 1 aromatic carbocycles. The Morgan fingerprint density at radius 2 is 1.52 bits per heavy atom. The Balaban J connectivity index is 0.00000484. The van der Waals surface area contributed by atoms with Crippen LogP contribution in [-0.4, -0.2) is 6.54 Å². The number of unbranched alkanes of at least 4 members (excludes halogenated alkanes) is 1. The zero-order chi connectivity index (χ0) is 17.1. The molecule has 2 nitrogen and oxygen atoms in total. The Hall–Kier alpha value is -1.06. The largest absolute Gasteiger partial charge is 0.416 e. The summed E-state index contributed by atoms with van der Waals surface area (Å²) < 4.78 is 90.2. The van der Waals surface area contributed by atoms with Crippen LogP contribution in [0.25, 0.3) is 0 Å². The van der Waals surface area contributed by atoms with Gasteiger partial charge in [-0.15, -0.1) is 12.4 Å². The smallest absolute Gasteiger partial charge is 0.330 e. The number of hydrogen-bond donors (Lipinski definition) is 2. The van der Waals surface area contributed by atoms with E-state index in [9.17, 15) is 30.7 Å². The van der Waals surface area contributed by atoms with Crippen molar-refractivity contribution in [3.8, 4) is 0 Å². The maximum Gasteiger partial charge on any atom is 0.416 e. The van der Waals surface area contributed by atoms with Gasteiger partial charge >= 0.3 is 12.4 Å². The Bertz CT molecular complexity index is 514. The third kappa shape index (κ3) is 5.82. The number of benzene rings is 1. The van der Waals surface area contributed by atoms with Crippen LogP contribution in [0, 0.1) is 5.82 Å². The predicted octanol–water partition coefficient (Wildman–Crippen LogP) is 4.41. The zero-order valence-electron chi connectivity index (χ0n) is 11.8. The van der Waals surface area contributed by atoms with Crippen LogP contribution in [0.3, 0.4) is 0 Å². The van der Waals surface area contributed by atoms with Crippen molar-refractivity contribution in [2.24, 2.45) is 11.5 Å². The first-order valence-electron chi connectivity index (χ1n) is 6.42. The highest BCUT2D eigenvalue weighted by molar-refractivity contribution is 5.85. The fourth-order valence-electron chi connectivity index (χ4n) is 2.05. The molecule has 0 radical (unpaired) electrons. The number of hydrogen-bond acceptors (Lipinski definition) is 2. The lowest BCUT2D eigenvalue weighted by atomic mass is 9.94. The van der Waals surface area contributed by atoms with Gasteiger partial charge in [0, 0.05) is 11.6 Å². The first kappa shape index (κ1) is 21.9. The summed E-state index contributed by atoms with van der Waals surface area (Å²) in [6.07, 6.45) is -9.42. The second-order valence-corrected chi connectivity index (χ2v) is 4.81. The second kappa shape index (κ2) is 8.16. The van der Waals surface area contributed by atoms with E-state index in [0.717, 1.165) is 0 Å². The van der Waals surface area contributed by atoms with E-state index >= 15 is 0 Å². The van der Waals surface area contributed by atoms with Gasteiger partial charge in [-0.05, 0) is 31.5 Å². The van der Waals surface area contributed by atoms with Gasteiger partial charge in [0.2, 0.25) is 0 Å². The second-order valence-electron chi connectivity index (χ2n) is 4.81. The summed E-state index contributed by atoms with van der Waals surface area (Å²) >= 11 is 0. The van der Waals surface area contributed by atoms with Crippen molar-refractivity contribution >= 4 is 12.4 Å². The molecule has 0 aromatic heterocycles. The average molecular weight is 369 g/mol. The number of halogens is 8. The Kier molecular flexibility index (Phi) is 7.79. The summed E-state index contributed by atoms with van der Waals surface area (Å²) in [4.78, 5) is 0. The third-order valence-corrected chi connectivity index (χ3v) is 3.10. The van der Waals surface area contributed by atoms with Gasteiger partial charge in [0.1, 0.15) is 5.82 Å². The van der Waals surface area contributed by atoms with Crippen LogP contribution < -0.4 is 11.5 Å². The first-order valence-corrected chi connectivity index (χ1v) is 6.42. The summed E-state index contributed by atoms with van der Waals surface area (Å²) in [6, 6.07) is -1.43. The van der Waals surface area contributed by atoms with E-state index in [-0.39, 0.29) is 37.5 Å². The minimum absolute atomic E-state index is 0. The molecule has 0 heterocycles. The SMILES string of the molecule is Cl.NCCCC[C@H](N)c1c(F)cc(C(F)(F)F)cc1C(F)(F)F. The number of rotatable bonds is 5. The molecule has 0 bridgehead atoms. The fraction of sp³-hybridized carbons (Fsp3) is 0.538. The molecule has 0 unspecified atom stereocenters. The van der Waals surface area contributed by atoms with Gasteiger partial charge in [0.05, 0.1) is 11.1 Å². The van der Waals surface area contributed by atoms with Gasteiger partial charge in [0.15, 0.2) is 0 Å². The maximum atomic E-state index is 13.8. The highest BCUT2D eigenvalue weighted by Gasteiger charge is 2.40. The topological polar surface area (TPSA) is 52.0 Å². The van der Waals surface area contributed by atoms with Crippen LogP contribution >= 0.6 is 12.4 Å². The molecule has 4 N–H and O–H groups in total. The van der Waals surface area contributed by atoms with Crippen LogP contribution in [-0.2, 0) is 12.4 Å². The first-order chi connectivity index (χ1) is 9.98. The molecule has 0 saturated heterocycles. The fourth-order valence-corrected chi connectivity index (χ4v) is 2.05. The van der Waals surface area contributed by atoms with Gasteiger partial charge in [-0.1, -0.05) is 6.42 Å². The maximum absolute atomic E-state index is 13.8. The summed E-state index contributed by atoms with van der Waals surface area (Å²) in [6.45, 7) is 0.286. The minimum Gasteiger partial charge on any atom is -0.330 e. The van der Waals surface area contributed by atoms with E-state index in [1.807, 2.05) is 0 Å². The van der Waals surface area contributed by atoms with Crippen molar-refractivity contribution < 1.29 is 30.7 Å². The van der Waals surface area contributed by atoms with Crippen molar-refractivity contribution in [2.75, 3.05) is 6.54 Å². The molecule has 0 fully saturated rings. The number of alkyl halides is 6. The third-order valence-electron chi connectivity index (χ3n) is 3.10. The van der Waals surface area contributed by atoms with Crippen molar-refractivity contribution in [1.82, 2.24) is 0 Å². The summed E-state index contributed by atoms with van der Waals surface area (Å²) in [5.41, 5.74) is 6.42. The van der Waals surface area contributed by atoms with Crippen LogP contribution in [0.5, 0.6) is 0 Å². The minimum atomic E-state index is -5.14. The van der Waals surface area contributed by atoms with Crippen molar-refractivity contribution in [3.63, 3.8) is 0 Å². The molecule has 0 aliphatic carbocycles. The zero-order valence-corrected chi connectivity index (χ0v) is 12.6. The molecule has 1 aromatic rings. The normalized spacial score (nSPS) is 13.6. The lowest BCUT2D eigenvalue weighted by molar-refractivity contribution is -0.144. The lowest BCUT2D eigenvalue weighted by Gasteiger charge is -2.21. The Labute approximate surface area is 134 Å². The van der Waals surface area contributed by atoms with Crippen LogP contribution in [0.1, 0.15) is 42.0 Å². The lowest BCUT2D eigenvalue weighted by Crippen LogP contribution is -2.21. The van der Waals surface area contributed by atoms with E-state index in [1.54, 1.807) is 0 Å². The monoisotopic (exact) mass is 368 g/mol. The van der Waals surface area contributed by atoms with Gasteiger partial charge in [-0.25, -0.2) is 4.39 Å². The van der Waals surface area contributed by atoms with Crippen molar-refractivity contribution in [2.45, 2.75) is 37.7 Å². The van der Waals surface area contributed by atoms with E-state index in [4.69, 9.17) is 11.5 Å². The van der Waals surface area contributed by atoms with Crippen LogP contribution in [0.4, 0.5) is 30.7 Å². The van der Waals surface area contributed by atoms with Crippen molar-refractivity contribution in [1.29, 1.82) is 0 Å². The molecule has 1 atom stereocenters. The van der Waals surface area contributed by atoms with Crippen LogP contribution in [0.2, 0.25) is 0 Å². The van der Waals surface area contributed by atoms with E-state index in [2.05, 4.69) is 0 Å². The Morgan fingerprint density at radius 3 is 1.96 bits per heavy atom. The molecule has 0 saturated carbocycles. The number of nitrogens with two attached hydrogens (primary N) is 2. The summed E-state index contributed by atoms with van der Waals surface area (Å²) in [7, 11) is 0. The molecule has 0 aliphatic heterocycles. The predicted molar refractivity (Wildman–Crippen MR) is 73.5 cm³/mol. The van der Waals surface area contributed by atoms with E-state index in [1.165, 1.54) is 0 Å². The van der Waals surface area contributed by atoms with Gasteiger partial charge < -0.3 is 11.5 Å². The van der Waals surface area contributed by atoms with Crippen molar-refractivity contribution in [3.05, 3.63) is 34.6 Å². The molecule has 0 amide bonds. The average Bonchev–Trinajstić information content (AvgIpc) is 2.35. The van der Waals surface area contributed by atoms with Gasteiger partial charge in [-0.2, -0.15) is 26.3 Å².